The molecule has 0 aliphatic carbocycles. The molecule has 1 saturated heterocycles. The minimum Gasteiger partial charge on any atom is -0.490 e. The van der Waals surface area contributed by atoms with Crippen molar-refractivity contribution in [3.63, 3.8) is 0 Å². The Hall–Kier alpha value is -3.28. The van der Waals surface area contributed by atoms with Crippen molar-refractivity contribution < 1.29 is 9.53 Å². The average molecular weight is 362 g/mol. The molecule has 4 rings (SSSR count). The second-order valence-electron chi connectivity index (χ2n) is 6.55. The van der Waals surface area contributed by atoms with Gasteiger partial charge in [0.2, 0.25) is 0 Å². The highest BCUT2D eigenvalue weighted by atomic mass is 16.5. The van der Waals surface area contributed by atoms with E-state index in [1.54, 1.807) is 10.9 Å². The van der Waals surface area contributed by atoms with Gasteiger partial charge in [0.25, 0.3) is 0 Å². The Balaban J connectivity index is 1.31. The van der Waals surface area contributed by atoms with E-state index in [2.05, 4.69) is 10.4 Å². The molecule has 1 aliphatic heterocycles. The van der Waals surface area contributed by atoms with E-state index in [1.165, 1.54) is 0 Å². The molecule has 0 radical (unpaired) electrons. The number of urea groups is 1. The largest absolute Gasteiger partial charge is 0.490 e. The molecule has 2 amide bonds. The predicted molar refractivity (Wildman–Crippen MR) is 104 cm³/mol. The molecular weight excluding hydrogens is 340 g/mol. The van der Waals surface area contributed by atoms with Crippen LogP contribution in [0, 0.1) is 0 Å². The van der Waals surface area contributed by atoms with Crippen LogP contribution in [0.2, 0.25) is 0 Å². The van der Waals surface area contributed by atoms with Gasteiger partial charge in [-0.05, 0) is 36.4 Å². The topological polar surface area (TPSA) is 59.4 Å². The highest BCUT2D eigenvalue weighted by Gasteiger charge is 2.24. The van der Waals surface area contributed by atoms with Gasteiger partial charge in [0.05, 0.1) is 5.69 Å². The Kier molecular flexibility index (Phi) is 5.05. The van der Waals surface area contributed by atoms with Gasteiger partial charge in [0.15, 0.2) is 0 Å². The van der Waals surface area contributed by atoms with E-state index in [0.29, 0.717) is 13.1 Å². The van der Waals surface area contributed by atoms with Gasteiger partial charge in [-0.25, -0.2) is 9.48 Å². The van der Waals surface area contributed by atoms with E-state index in [4.69, 9.17) is 4.74 Å². The fraction of sp³-hybridized carbons (Fsp3) is 0.238. The van der Waals surface area contributed by atoms with E-state index in [9.17, 15) is 4.79 Å². The SMILES string of the molecule is O=C(Nc1cccc(-n2cccn2)c1)N1CCC(Oc2ccccc2)CC1. The van der Waals surface area contributed by atoms with Gasteiger partial charge in [-0.3, -0.25) is 0 Å². The van der Waals surface area contributed by atoms with E-state index in [0.717, 1.165) is 30.0 Å². The lowest BCUT2D eigenvalue weighted by atomic mass is 10.1. The Bertz CT molecular complexity index is 872. The van der Waals surface area contributed by atoms with Crippen molar-refractivity contribution in [2.75, 3.05) is 18.4 Å². The Morgan fingerprint density at radius 3 is 2.59 bits per heavy atom. The van der Waals surface area contributed by atoms with Crippen molar-refractivity contribution in [3.8, 4) is 11.4 Å². The molecule has 6 nitrogen and oxygen atoms in total. The van der Waals surface area contributed by atoms with Crippen molar-refractivity contribution >= 4 is 11.7 Å². The number of amides is 2. The summed E-state index contributed by atoms with van der Waals surface area (Å²) in [6.07, 6.45) is 5.41. The number of piperidine rings is 1. The third-order valence-electron chi connectivity index (χ3n) is 4.64. The minimum absolute atomic E-state index is 0.0780. The van der Waals surface area contributed by atoms with Crippen molar-refractivity contribution in [1.82, 2.24) is 14.7 Å². The zero-order valence-electron chi connectivity index (χ0n) is 15.0. The number of hydrogen-bond donors (Lipinski definition) is 1. The maximum atomic E-state index is 12.6. The molecular formula is C21H22N4O2. The highest BCUT2D eigenvalue weighted by Crippen LogP contribution is 2.20. The van der Waals surface area contributed by atoms with Crippen LogP contribution >= 0.6 is 0 Å². The summed E-state index contributed by atoms with van der Waals surface area (Å²) in [5, 5.41) is 7.20. The number of nitrogens with one attached hydrogen (secondary N) is 1. The first-order valence-electron chi connectivity index (χ1n) is 9.16. The molecule has 3 aromatic rings. The number of carbonyl (C=O) groups is 1. The second-order valence-corrected chi connectivity index (χ2v) is 6.55. The summed E-state index contributed by atoms with van der Waals surface area (Å²) in [4.78, 5) is 14.4. The zero-order chi connectivity index (χ0) is 18.5. The molecule has 1 N–H and O–H groups in total. The van der Waals surface area contributed by atoms with Crippen LogP contribution in [0.15, 0.2) is 73.1 Å². The number of ether oxygens (including phenoxy) is 1. The van der Waals surface area contributed by atoms with Gasteiger partial charge >= 0.3 is 6.03 Å². The van der Waals surface area contributed by atoms with E-state index >= 15 is 0 Å². The highest BCUT2D eigenvalue weighted by molar-refractivity contribution is 5.89. The molecule has 138 valence electrons. The summed E-state index contributed by atoms with van der Waals surface area (Å²) in [6.45, 7) is 1.37. The van der Waals surface area contributed by atoms with E-state index in [1.807, 2.05) is 71.8 Å². The van der Waals surface area contributed by atoms with Crippen LogP contribution < -0.4 is 10.1 Å². The smallest absolute Gasteiger partial charge is 0.321 e. The lowest BCUT2D eigenvalue weighted by molar-refractivity contribution is 0.115. The Morgan fingerprint density at radius 2 is 1.85 bits per heavy atom. The molecule has 0 atom stereocenters. The number of likely N-dealkylation sites (tertiary alicyclic amines) is 1. The van der Waals surface area contributed by atoms with Crippen LogP contribution in [0.3, 0.4) is 0 Å². The number of nitrogens with zero attached hydrogens (tertiary/aromatic N) is 3. The van der Waals surface area contributed by atoms with Gasteiger partial charge in [-0.15, -0.1) is 0 Å². The lowest BCUT2D eigenvalue weighted by Gasteiger charge is -2.32. The summed E-state index contributed by atoms with van der Waals surface area (Å²) in [5.41, 5.74) is 1.67. The van der Waals surface area contributed by atoms with Crippen LogP contribution in [-0.4, -0.2) is 39.9 Å². The fourth-order valence-electron chi connectivity index (χ4n) is 3.22. The molecule has 0 bridgehead atoms. The number of aromatic nitrogens is 2. The molecule has 1 fully saturated rings. The van der Waals surface area contributed by atoms with Gasteiger partial charge in [-0.1, -0.05) is 24.3 Å². The number of anilines is 1. The Morgan fingerprint density at radius 1 is 1.04 bits per heavy atom. The van der Waals surface area contributed by atoms with Gasteiger partial charge in [0, 0.05) is 44.0 Å². The number of rotatable bonds is 4. The number of para-hydroxylation sites is 1. The third kappa shape index (κ3) is 4.28. The van der Waals surface area contributed by atoms with Crippen molar-refractivity contribution in [3.05, 3.63) is 73.1 Å². The Labute approximate surface area is 158 Å². The van der Waals surface area contributed by atoms with Crippen LogP contribution in [0.1, 0.15) is 12.8 Å². The molecule has 27 heavy (non-hydrogen) atoms. The molecule has 6 heteroatoms. The molecule has 1 aliphatic rings. The minimum atomic E-state index is -0.0780. The van der Waals surface area contributed by atoms with Crippen molar-refractivity contribution in [2.24, 2.45) is 0 Å². The number of carbonyl (C=O) groups excluding carboxylic acids is 1. The summed E-state index contributed by atoms with van der Waals surface area (Å²) < 4.78 is 7.76. The van der Waals surface area contributed by atoms with Crippen LogP contribution in [-0.2, 0) is 0 Å². The fourth-order valence-corrected chi connectivity index (χ4v) is 3.22. The first kappa shape index (κ1) is 17.1. The summed E-state index contributed by atoms with van der Waals surface area (Å²) in [7, 11) is 0. The lowest BCUT2D eigenvalue weighted by Crippen LogP contribution is -2.43. The van der Waals surface area contributed by atoms with Crippen LogP contribution in [0.4, 0.5) is 10.5 Å². The predicted octanol–water partition coefficient (Wildman–Crippen LogP) is 3.95. The molecule has 0 spiro atoms. The molecule has 1 aromatic heterocycles. The van der Waals surface area contributed by atoms with E-state index < -0.39 is 0 Å². The first-order chi connectivity index (χ1) is 13.3. The first-order valence-corrected chi connectivity index (χ1v) is 9.16. The van der Waals surface area contributed by atoms with E-state index in [-0.39, 0.29) is 12.1 Å². The summed E-state index contributed by atoms with van der Waals surface area (Å²) in [5.74, 6) is 0.885. The zero-order valence-corrected chi connectivity index (χ0v) is 15.0. The molecule has 2 heterocycles. The van der Waals surface area contributed by atoms with Crippen LogP contribution in [0.5, 0.6) is 5.75 Å². The van der Waals surface area contributed by atoms with Gasteiger partial charge in [0.1, 0.15) is 11.9 Å². The maximum Gasteiger partial charge on any atom is 0.321 e. The third-order valence-corrected chi connectivity index (χ3v) is 4.64. The summed E-state index contributed by atoms with van der Waals surface area (Å²) >= 11 is 0. The average Bonchev–Trinajstić information content (AvgIpc) is 3.24. The van der Waals surface area contributed by atoms with Gasteiger partial charge in [-0.2, -0.15) is 5.10 Å². The molecule has 0 unspecified atom stereocenters. The van der Waals surface area contributed by atoms with Crippen molar-refractivity contribution in [2.45, 2.75) is 18.9 Å². The molecule has 2 aromatic carbocycles. The number of benzene rings is 2. The maximum absolute atomic E-state index is 12.6. The monoisotopic (exact) mass is 362 g/mol. The quantitative estimate of drug-likeness (QED) is 0.764. The van der Waals surface area contributed by atoms with Crippen molar-refractivity contribution in [1.29, 1.82) is 0 Å². The standard InChI is InChI=1S/C21H22N4O2/c26-21(23-17-6-4-7-18(16-17)25-13-5-12-22-25)24-14-10-20(11-15-24)27-19-8-2-1-3-9-19/h1-9,12-13,16,20H,10-11,14-15H2,(H,23,26). The second kappa shape index (κ2) is 7.95. The molecule has 0 saturated carbocycles. The van der Waals surface area contributed by atoms with Crippen LogP contribution in [0.25, 0.3) is 5.69 Å². The van der Waals surface area contributed by atoms with Gasteiger partial charge < -0.3 is 15.0 Å². The normalized spacial score (nSPS) is 14.7. The number of hydrogen-bond acceptors (Lipinski definition) is 3. The summed E-state index contributed by atoms with van der Waals surface area (Å²) in [6, 6.07) is 19.3.